The molecule has 1 saturated heterocycles. The van der Waals surface area contributed by atoms with Crippen molar-refractivity contribution in [2.45, 2.75) is 11.0 Å². The molecule has 0 amide bonds. The number of nitriles is 1. The minimum Gasteiger partial charge on any atom is -0.471 e. The van der Waals surface area contributed by atoms with E-state index in [2.05, 4.69) is 9.97 Å². The predicted octanol–water partition coefficient (Wildman–Crippen LogP) is 1.95. The lowest BCUT2D eigenvalue weighted by Crippen LogP contribution is -2.56. The molecule has 0 N–H and O–H groups in total. The Kier molecular flexibility index (Phi) is 4.03. The Morgan fingerprint density at radius 3 is 2.62 bits per heavy atom. The summed E-state index contributed by atoms with van der Waals surface area (Å²) in [6.45, 7) is 0.403. The van der Waals surface area contributed by atoms with Gasteiger partial charge in [-0.3, -0.25) is 4.98 Å². The van der Waals surface area contributed by atoms with E-state index < -0.39 is 10.0 Å². The zero-order valence-corrected chi connectivity index (χ0v) is 14.4. The highest BCUT2D eigenvalue weighted by Gasteiger charge is 2.39. The van der Waals surface area contributed by atoms with Gasteiger partial charge in [0.05, 0.1) is 18.6 Å². The zero-order valence-electron chi connectivity index (χ0n) is 13.6. The first kappa shape index (κ1) is 16.4. The van der Waals surface area contributed by atoms with Crippen LogP contribution in [0.5, 0.6) is 5.88 Å². The van der Waals surface area contributed by atoms with Crippen molar-refractivity contribution < 1.29 is 13.2 Å². The highest BCUT2D eigenvalue weighted by Crippen LogP contribution is 2.28. The van der Waals surface area contributed by atoms with Crippen molar-refractivity contribution >= 4 is 20.9 Å². The molecule has 0 atom stereocenters. The lowest BCUT2D eigenvalue weighted by Gasteiger charge is -2.37. The fraction of sp³-hybridized carbons (Fsp3) is 0.167. The second-order valence-corrected chi connectivity index (χ2v) is 7.77. The number of hydrogen-bond donors (Lipinski definition) is 0. The third-order valence-electron chi connectivity index (χ3n) is 4.20. The standard InChI is InChI=1S/C18H14N4O3S/c19-10-14-6-3-9-21-18(14)25-15-11-22(12-15)26(23,24)16-7-1-4-13-5-2-8-20-17(13)16/h1-9,15H,11-12H2. The number of nitrogens with zero attached hydrogens (tertiary/aromatic N) is 4. The minimum atomic E-state index is -3.66. The fourth-order valence-electron chi connectivity index (χ4n) is 2.82. The zero-order chi connectivity index (χ0) is 18.1. The first-order chi connectivity index (χ1) is 12.6. The third-order valence-corrected chi connectivity index (χ3v) is 6.06. The van der Waals surface area contributed by atoms with Gasteiger partial charge in [-0.25, -0.2) is 13.4 Å². The largest absolute Gasteiger partial charge is 0.471 e. The summed E-state index contributed by atoms with van der Waals surface area (Å²) in [5, 5.41) is 9.84. The van der Waals surface area contributed by atoms with E-state index in [1.165, 1.54) is 10.5 Å². The van der Waals surface area contributed by atoms with Crippen LogP contribution in [0.3, 0.4) is 0 Å². The number of rotatable bonds is 4. The van der Waals surface area contributed by atoms with Crippen molar-refractivity contribution in [3.05, 3.63) is 60.4 Å². The molecule has 0 radical (unpaired) electrons. The first-order valence-electron chi connectivity index (χ1n) is 7.95. The lowest BCUT2D eigenvalue weighted by atomic mass is 10.2. The molecule has 0 unspecified atom stereocenters. The van der Waals surface area contributed by atoms with E-state index in [1.807, 2.05) is 18.2 Å². The molecule has 26 heavy (non-hydrogen) atoms. The van der Waals surface area contributed by atoms with Crippen LogP contribution in [0.15, 0.2) is 59.8 Å². The third kappa shape index (κ3) is 2.77. The van der Waals surface area contributed by atoms with Gasteiger partial charge in [0.2, 0.25) is 15.9 Å². The Hall–Kier alpha value is -3.02. The van der Waals surface area contributed by atoms with E-state index in [-0.39, 0.29) is 30.0 Å². The van der Waals surface area contributed by atoms with Crippen molar-refractivity contribution in [1.82, 2.24) is 14.3 Å². The van der Waals surface area contributed by atoms with E-state index in [1.54, 1.807) is 36.5 Å². The van der Waals surface area contributed by atoms with Crippen molar-refractivity contribution in [2.75, 3.05) is 13.1 Å². The molecule has 130 valence electrons. The number of ether oxygens (including phenoxy) is 1. The molecule has 7 nitrogen and oxygen atoms in total. The molecule has 1 aliphatic rings. The topological polar surface area (TPSA) is 96.2 Å². The number of sulfonamides is 1. The molecule has 0 saturated carbocycles. The Morgan fingerprint density at radius 1 is 1.08 bits per heavy atom. The summed E-state index contributed by atoms with van der Waals surface area (Å²) in [7, 11) is -3.66. The molecule has 4 rings (SSSR count). The maximum absolute atomic E-state index is 12.9. The average Bonchev–Trinajstić information content (AvgIpc) is 2.64. The lowest BCUT2D eigenvalue weighted by molar-refractivity contribution is 0.0718. The Bertz CT molecular complexity index is 1110. The second kappa shape index (κ2) is 6.37. The molecule has 2 aromatic heterocycles. The molecule has 1 aliphatic heterocycles. The summed E-state index contributed by atoms with van der Waals surface area (Å²) in [5.41, 5.74) is 0.780. The van der Waals surface area contributed by atoms with E-state index >= 15 is 0 Å². The van der Waals surface area contributed by atoms with Gasteiger partial charge in [0.15, 0.2) is 0 Å². The maximum Gasteiger partial charge on any atom is 0.245 e. The summed E-state index contributed by atoms with van der Waals surface area (Å²) in [5.74, 6) is 0.226. The Labute approximate surface area is 150 Å². The summed E-state index contributed by atoms with van der Waals surface area (Å²) < 4.78 is 32.8. The number of benzene rings is 1. The predicted molar refractivity (Wildman–Crippen MR) is 93.9 cm³/mol. The van der Waals surface area contributed by atoms with Gasteiger partial charge in [-0.15, -0.1) is 0 Å². The van der Waals surface area contributed by atoms with Crippen LogP contribution in [-0.4, -0.2) is 41.9 Å². The van der Waals surface area contributed by atoms with E-state index in [0.29, 0.717) is 11.1 Å². The first-order valence-corrected chi connectivity index (χ1v) is 9.39. The van der Waals surface area contributed by atoms with Crippen LogP contribution < -0.4 is 4.74 Å². The number of aromatic nitrogens is 2. The minimum absolute atomic E-state index is 0.185. The molecule has 0 aliphatic carbocycles. The van der Waals surface area contributed by atoms with Crippen molar-refractivity contribution in [3.8, 4) is 11.9 Å². The Balaban J connectivity index is 1.54. The number of para-hydroxylation sites is 1. The molecular weight excluding hydrogens is 352 g/mol. The number of fused-ring (bicyclic) bond motifs is 1. The van der Waals surface area contributed by atoms with E-state index in [9.17, 15) is 8.42 Å². The van der Waals surface area contributed by atoms with Crippen LogP contribution in [-0.2, 0) is 10.0 Å². The molecule has 1 fully saturated rings. The molecular formula is C18H14N4O3S. The van der Waals surface area contributed by atoms with Crippen LogP contribution >= 0.6 is 0 Å². The van der Waals surface area contributed by atoms with Gasteiger partial charge >= 0.3 is 0 Å². The van der Waals surface area contributed by atoms with Gasteiger partial charge in [-0.05, 0) is 24.3 Å². The summed E-state index contributed by atoms with van der Waals surface area (Å²) in [6, 6.07) is 14.0. The molecule has 1 aromatic carbocycles. The smallest absolute Gasteiger partial charge is 0.245 e. The van der Waals surface area contributed by atoms with Crippen LogP contribution in [0.2, 0.25) is 0 Å². The normalized spacial score (nSPS) is 15.3. The number of pyridine rings is 2. The molecule has 0 spiro atoms. The van der Waals surface area contributed by atoms with Crippen molar-refractivity contribution in [2.24, 2.45) is 0 Å². The highest BCUT2D eigenvalue weighted by atomic mass is 32.2. The fourth-order valence-corrected chi connectivity index (χ4v) is 4.49. The van der Waals surface area contributed by atoms with Gasteiger partial charge < -0.3 is 4.74 Å². The highest BCUT2D eigenvalue weighted by molar-refractivity contribution is 7.89. The average molecular weight is 366 g/mol. The van der Waals surface area contributed by atoms with Gasteiger partial charge in [0, 0.05) is 17.8 Å². The summed E-state index contributed by atoms with van der Waals surface area (Å²) in [6.07, 6.45) is 2.77. The van der Waals surface area contributed by atoms with Crippen LogP contribution in [0, 0.1) is 11.3 Å². The van der Waals surface area contributed by atoms with Gasteiger partial charge in [0.1, 0.15) is 22.6 Å². The van der Waals surface area contributed by atoms with Crippen LogP contribution in [0.25, 0.3) is 10.9 Å². The van der Waals surface area contributed by atoms with Gasteiger partial charge in [-0.1, -0.05) is 18.2 Å². The van der Waals surface area contributed by atoms with Crippen molar-refractivity contribution in [3.63, 3.8) is 0 Å². The van der Waals surface area contributed by atoms with E-state index in [4.69, 9.17) is 10.00 Å². The maximum atomic E-state index is 12.9. The molecule has 3 aromatic rings. The van der Waals surface area contributed by atoms with Gasteiger partial charge in [0.25, 0.3) is 0 Å². The summed E-state index contributed by atoms with van der Waals surface area (Å²) in [4.78, 5) is 8.43. The molecule has 0 bridgehead atoms. The number of hydrogen-bond acceptors (Lipinski definition) is 6. The van der Waals surface area contributed by atoms with E-state index in [0.717, 1.165) is 5.39 Å². The van der Waals surface area contributed by atoms with Crippen LogP contribution in [0.4, 0.5) is 0 Å². The van der Waals surface area contributed by atoms with Gasteiger partial charge in [-0.2, -0.15) is 9.57 Å². The van der Waals surface area contributed by atoms with Crippen LogP contribution in [0.1, 0.15) is 5.56 Å². The SMILES string of the molecule is N#Cc1cccnc1OC1CN(S(=O)(=O)c2cccc3cccnc23)C1. The summed E-state index contributed by atoms with van der Waals surface area (Å²) >= 11 is 0. The molecule has 8 heteroatoms. The van der Waals surface area contributed by atoms with Crippen molar-refractivity contribution in [1.29, 1.82) is 5.26 Å². The monoisotopic (exact) mass is 366 g/mol. The second-order valence-electron chi connectivity index (χ2n) is 5.86. The Morgan fingerprint density at radius 2 is 1.81 bits per heavy atom. The molecule has 3 heterocycles. The quantitative estimate of drug-likeness (QED) is 0.700.